The molecule has 0 bridgehead atoms. The number of ketones is 1. The third-order valence-corrected chi connectivity index (χ3v) is 5.52. The van der Waals surface area contributed by atoms with Crippen molar-refractivity contribution in [2.75, 3.05) is 30.3 Å². The van der Waals surface area contributed by atoms with Crippen molar-refractivity contribution in [1.82, 2.24) is 5.32 Å². The molecule has 1 amide bonds. The number of carbonyl (C=O) groups is 2. The fourth-order valence-corrected chi connectivity index (χ4v) is 3.72. The zero-order valence-electron chi connectivity index (χ0n) is 17.6. The fraction of sp³-hybridized carbons (Fsp3) is 0.364. The number of Topliss-reactive ketones (excluding diaryl/α,β-unsaturated/α-hetero) is 1. The number of sulfonamides is 1. The lowest BCUT2D eigenvalue weighted by Crippen LogP contribution is -2.41. The molecule has 0 aliphatic carbocycles. The molecule has 0 saturated heterocycles. The predicted molar refractivity (Wildman–Crippen MR) is 118 cm³/mol. The molecule has 2 rings (SSSR count). The van der Waals surface area contributed by atoms with E-state index in [-0.39, 0.29) is 31.2 Å². The van der Waals surface area contributed by atoms with Gasteiger partial charge in [-0.3, -0.25) is 13.9 Å². The summed E-state index contributed by atoms with van der Waals surface area (Å²) in [6.45, 7) is 3.64. The first-order valence-electron chi connectivity index (χ1n) is 9.78. The summed E-state index contributed by atoms with van der Waals surface area (Å²) in [4.78, 5) is 23.9. The number of rotatable bonds is 11. The zero-order valence-corrected chi connectivity index (χ0v) is 18.4. The first kappa shape index (κ1) is 23.4. The molecule has 0 spiro atoms. The lowest BCUT2D eigenvalue weighted by molar-refractivity contribution is -0.119. The molecule has 2 aromatic carbocycles. The fourth-order valence-electron chi connectivity index (χ4n) is 2.87. The molecule has 0 fully saturated rings. The maximum atomic E-state index is 12.3. The van der Waals surface area contributed by atoms with Gasteiger partial charge in [-0.05, 0) is 43.2 Å². The molecule has 30 heavy (non-hydrogen) atoms. The second-order valence-electron chi connectivity index (χ2n) is 6.97. The average molecular weight is 433 g/mol. The van der Waals surface area contributed by atoms with Gasteiger partial charge in [-0.15, -0.1) is 0 Å². The van der Waals surface area contributed by atoms with Gasteiger partial charge in [0.2, 0.25) is 15.9 Å². The van der Waals surface area contributed by atoms with Gasteiger partial charge < -0.3 is 10.1 Å². The minimum Gasteiger partial charge on any atom is -0.492 e. The molecule has 1 N–H and O–H groups in total. The summed E-state index contributed by atoms with van der Waals surface area (Å²) in [6.07, 6.45) is 3.12. The number of hydrogen-bond donors (Lipinski definition) is 1. The van der Waals surface area contributed by atoms with Gasteiger partial charge in [0.15, 0.2) is 5.78 Å². The normalized spacial score (nSPS) is 11.0. The van der Waals surface area contributed by atoms with Gasteiger partial charge in [0.05, 0.1) is 18.5 Å². The molecule has 7 nitrogen and oxygen atoms in total. The number of aryl methyl sites for hydroxylation is 1. The highest BCUT2D eigenvalue weighted by Crippen LogP contribution is 2.19. The number of benzene rings is 2. The molecular formula is C22H28N2O5S. The van der Waals surface area contributed by atoms with E-state index in [1.54, 1.807) is 18.2 Å². The van der Waals surface area contributed by atoms with Crippen molar-refractivity contribution >= 4 is 27.4 Å². The summed E-state index contributed by atoms with van der Waals surface area (Å²) in [5, 5.41) is 2.66. The Kier molecular flexibility index (Phi) is 8.41. The van der Waals surface area contributed by atoms with Gasteiger partial charge in [0.1, 0.15) is 18.9 Å². The van der Waals surface area contributed by atoms with Crippen LogP contribution in [0.25, 0.3) is 0 Å². The predicted octanol–water partition coefficient (Wildman–Crippen LogP) is 2.80. The molecule has 8 heteroatoms. The van der Waals surface area contributed by atoms with Crippen LogP contribution in [0.5, 0.6) is 5.75 Å². The molecule has 0 atom stereocenters. The quantitative estimate of drug-likeness (QED) is 0.435. The van der Waals surface area contributed by atoms with E-state index in [1.165, 1.54) is 18.6 Å². The van der Waals surface area contributed by atoms with Crippen LogP contribution in [0.1, 0.15) is 36.2 Å². The van der Waals surface area contributed by atoms with Crippen LogP contribution in [0.4, 0.5) is 5.69 Å². The molecule has 162 valence electrons. The van der Waals surface area contributed by atoms with E-state index in [9.17, 15) is 18.0 Å². The Morgan fingerprint density at radius 3 is 2.40 bits per heavy atom. The van der Waals surface area contributed by atoms with Gasteiger partial charge in [0, 0.05) is 5.56 Å². The van der Waals surface area contributed by atoms with Crippen LogP contribution in [0, 0.1) is 0 Å². The summed E-state index contributed by atoms with van der Waals surface area (Å²) in [7, 11) is -3.71. The third-order valence-electron chi connectivity index (χ3n) is 4.38. The molecule has 0 heterocycles. The number of carbonyl (C=O) groups excluding carboxylic acids is 2. The first-order chi connectivity index (χ1) is 14.2. The van der Waals surface area contributed by atoms with Crippen LogP contribution in [-0.4, -0.2) is 46.1 Å². The van der Waals surface area contributed by atoms with Gasteiger partial charge >= 0.3 is 0 Å². The smallest absolute Gasteiger partial charge is 0.240 e. The third kappa shape index (κ3) is 7.18. The maximum absolute atomic E-state index is 12.3. The van der Waals surface area contributed by atoms with E-state index < -0.39 is 15.9 Å². The van der Waals surface area contributed by atoms with E-state index in [2.05, 4.69) is 12.2 Å². The van der Waals surface area contributed by atoms with E-state index in [1.807, 2.05) is 24.3 Å². The number of amides is 1. The average Bonchev–Trinajstić information content (AvgIpc) is 2.70. The highest BCUT2D eigenvalue weighted by atomic mass is 32.2. The Morgan fingerprint density at radius 2 is 1.80 bits per heavy atom. The molecule has 0 aliphatic heterocycles. The summed E-state index contributed by atoms with van der Waals surface area (Å²) in [6, 6.07) is 14.0. The van der Waals surface area contributed by atoms with Gasteiger partial charge in [-0.1, -0.05) is 37.6 Å². The highest BCUT2D eigenvalue weighted by Gasteiger charge is 2.21. The lowest BCUT2D eigenvalue weighted by Gasteiger charge is -2.22. The summed E-state index contributed by atoms with van der Waals surface area (Å²) in [5.41, 5.74) is 1.89. The van der Waals surface area contributed by atoms with E-state index in [0.29, 0.717) is 11.3 Å². The second kappa shape index (κ2) is 10.8. The van der Waals surface area contributed by atoms with Crippen LogP contribution in [0.3, 0.4) is 0 Å². The van der Waals surface area contributed by atoms with Gasteiger partial charge in [0.25, 0.3) is 0 Å². The first-order valence-corrected chi connectivity index (χ1v) is 11.6. The van der Waals surface area contributed by atoms with E-state index in [0.717, 1.165) is 23.4 Å². The Balaban J connectivity index is 1.90. The van der Waals surface area contributed by atoms with Crippen LogP contribution < -0.4 is 14.4 Å². The maximum Gasteiger partial charge on any atom is 0.240 e. The molecule has 0 saturated carbocycles. The molecular weight excluding hydrogens is 404 g/mol. The zero-order chi connectivity index (χ0) is 22.1. The van der Waals surface area contributed by atoms with Crippen molar-refractivity contribution in [2.24, 2.45) is 0 Å². The lowest BCUT2D eigenvalue weighted by atomic mass is 10.1. The van der Waals surface area contributed by atoms with Crippen molar-refractivity contribution in [3.63, 3.8) is 0 Å². The van der Waals surface area contributed by atoms with Crippen molar-refractivity contribution < 1.29 is 22.7 Å². The van der Waals surface area contributed by atoms with Gasteiger partial charge in [-0.25, -0.2) is 8.42 Å². The van der Waals surface area contributed by atoms with E-state index >= 15 is 0 Å². The van der Waals surface area contributed by atoms with Crippen LogP contribution in [0.2, 0.25) is 0 Å². The van der Waals surface area contributed by atoms with Crippen molar-refractivity contribution in [3.05, 3.63) is 59.7 Å². The van der Waals surface area contributed by atoms with Crippen molar-refractivity contribution in [2.45, 2.75) is 26.7 Å². The second-order valence-corrected chi connectivity index (χ2v) is 8.88. The van der Waals surface area contributed by atoms with E-state index in [4.69, 9.17) is 4.74 Å². The number of anilines is 1. The molecule has 0 unspecified atom stereocenters. The summed E-state index contributed by atoms with van der Waals surface area (Å²) >= 11 is 0. The van der Waals surface area contributed by atoms with Crippen molar-refractivity contribution in [1.29, 1.82) is 0 Å². The summed E-state index contributed by atoms with van der Waals surface area (Å²) in [5.74, 6) is 0.0630. The minimum atomic E-state index is -3.71. The molecule has 2 aromatic rings. The highest BCUT2D eigenvalue weighted by molar-refractivity contribution is 7.92. The van der Waals surface area contributed by atoms with Crippen LogP contribution in [0.15, 0.2) is 48.5 Å². The van der Waals surface area contributed by atoms with Gasteiger partial charge in [-0.2, -0.15) is 0 Å². The van der Waals surface area contributed by atoms with Crippen molar-refractivity contribution in [3.8, 4) is 5.75 Å². The SMILES string of the molecule is CCCc1ccc(OCCNC(=O)CN(c2cccc(C(C)=O)c2)S(C)(=O)=O)cc1. The molecule has 0 radical (unpaired) electrons. The van der Waals surface area contributed by atoms with Crippen LogP contribution in [-0.2, 0) is 21.2 Å². The standard InChI is InChI=1S/C22H28N2O5S/c1-4-6-18-9-11-21(12-10-18)29-14-13-23-22(26)16-24(30(3,27)28)20-8-5-7-19(15-20)17(2)25/h5,7-12,15H,4,6,13-14,16H2,1-3H3,(H,23,26). The minimum absolute atomic E-state index is 0.186. The summed E-state index contributed by atoms with van der Waals surface area (Å²) < 4.78 is 30.9. The monoisotopic (exact) mass is 432 g/mol. The largest absolute Gasteiger partial charge is 0.492 e. The van der Waals surface area contributed by atoms with Crippen LogP contribution >= 0.6 is 0 Å². The molecule has 0 aliphatic rings. The number of hydrogen-bond acceptors (Lipinski definition) is 5. The number of nitrogens with zero attached hydrogens (tertiary/aromatic N) is 1. The topological polar surface area (TPSA) is 92.8 Å². The number of nitrogens with one attached hydrogen (secondary N) is 1. The Hall–Kier alpha value is -2.87. The molecule has 0 aromatic heterocycles. The Bertz CT molecular complexity index is 971. The Morgan fingerprint density at radius 1 is 1.10 bits per heavy atom. The Labute approximate surface area is 178 Å². The number of ether oxygens (including phenoxy) is 1.